The van der Waals surface area contributed by atoms with Crippen LogP contribution in [-0.4, -0.2) is 16.2 Å². The first-order valence-corrected chi connectivity index (χ1v) is 9.60. The summed E-state index contributed by atoms with van der Waals surface area (Å²) >= 11 is 8.78. The Hall–Kier alpha value is -1.76. The van der Waals surface area contributed by atoms with Gasteiger partial charge in [-0.1, -0.05) is 41.1 Å². The normalized spacial score (nSPS) is 10.9. The van der Waals surface area contributed by atoms with Gasteiger partial charge >= 0.3 is 4.87 Å². The lowest BCUT2D eigenvalue weighted by Gasteiger charge is -2.06. The molecule has 0 saturated heterocycles. The fraction of sp³-hybridized carbons (Fsp3) is 0.176. The third kappa shape index (κ3) is 3.83. The van der Waals surface area contributed by atoms with Crippen LogP contribution in [-0.2, 0) is 17.6 Å². The summed E-state index contributed by atoms with van der Waals surface area (Å²) in [4.78, 5) is 23.7. The minimum Gasteiger partial charge on any atom is -0.325 e. The SMILES string of the molecule is Cn1c(=O)sc2cc(NC(=O)CSCc3ccccc3Cl)ccc21. The molecule has 0 aliphatic rings. The molecule has 0 aliphatic carbocycles. The topological polar surface area (TPSA) is 51.1 Å². The largest absolute Gasteiger partial charge is 0.325 e. The molecular weight excluding hydrogens is 364 g/mol. The average molecular weight is 379 g/mol. The summed E-state index contributed by atoms with van der Waals surface area (Å²) in [5, 5.41) is 3.58. The van der Waals surface area contributed by atoms with Crippen LogP contribution in [0.2, 0.25) is 5.02 Å². The van der Waals surface area contributed by atoms with E-state index in [4.69, 9.17) is 11.6 Å². The van der Waals surface area contributed by atoms with Crippen molar-refractivity contribution in [2.24, 2.45) is 7.05 Å². The molecule has 0 saturated carbocycles. The fourth-order valence-corrected chi connectivity index (χ4v) is 4.31. The third-order valence-electron chi connectivity index (χ3n) is 3.52. The van der Waals surface area contributed by atoms with Gasteiger partial charge in [-0.2, -0.15) is 0 Å². The first-order valence-electron chi connectivity index (χ1n) is 7.25. The van der Waals surface area contributed by atoms with Crippen molar-refractivity contribution in [3.8, 4) is 0 Å². The third-order valence-corrected chi connectivity index (χ3v) is 5.87. The first-order chi connectivity index (χ1) is 11.5. The standard InChI is InChI=1S/C17H15ClN2O2S2/c1-20-14-7-6-12(8-15(14)24-17(20)22)19-16(21)10-23-9-11-4-2-3-5-13(11)18/h2-8H,9-10H2,1H3,(H,19,21). The molecule has 3 aromatic rings. The molecule has 1 N–H and O–H groups in total. The second-order valence-electron chi connectivity index (χ2n) is 5.24. The van der Waals surface area contributed by atoms with Gasteiger partial charge in [-0.05, 0) is 29.8 Å². The van der Waals surface area contributed by atoms with Gasteiger partial charge in [0.2, 0.25) is 5.91 Å². The van der Waals surface area contributed by atoms with E-state index in [0.29, 0.717) is 17.2 Å². The summed E-state index contributed by atoms with van der Waals surface area (Å²) in [5.74, 6) is 0.954. The van der Waals surface area contributed by atoms with E-state index in [1.54, 1.807) is 11.6 Å². The van der Waals surface area contributed by atoms with E-state index in [1.807, 2.05) is 42.5 Å². The van der Waals surface area contributed by atoms with Gasteiger partial charge in [0.1, 0.15) is 0 Å². The highest BCUT2D eigenvalue weighted by atomic mass is 35.5. The highest BCUT2D eigenvalue weighted by Gasteiger charge is 2.08. The predicted molar refractivity (Wildman–Crippen MR) is 103 cm³/mol. The molecule has 4 nitrogen and oxygen atoms in total. The van der Waals surface area contributed by atoms with Gasteiger partial charge in [0.05, 0.1) is 16.0 Å². The van der Waals surface area contributed by atoms with Crippen molar-refractivity contribution >= 4 is 56.5 Å². The molecule has 0 atom stereocenters. The Morgan fingerprint density at radius 2 is 2.08 bits per heavy atom. The van der Waals surface area contributed by atoms with E-state index in [-0.39, 0.29) is 10.8 Å². The Morgan fingerprint density at radius 1 is 1.29 bits per heavy atom. The lowest BCUT2D eigenvalue weighted by molar-refractivity contribution is -0.113. The number of nitrogens with one attached hydrogen (secondary N) is 1. The van der Waals surface area contributed by atoms with Crippen molar-refractivity contribution in [2.45, 2.75) is 5.75 Å². The zero-order chi connectivity index (χ0) is 17.1. The van der Waals surface area contributed by atoms with E-state index >= 15 is 0 Å². The predicted octanol–water partition coefficient (Wildman–Crippen LogP) is 4.13. The molecule has 0 unspecified atom stereocenters. The van der Waals surface area contributed by atoms with Crippen LogP contribution in [0, 0.1) is 0 Å². The van der Waals surface area contributed by atoms with Crippen LogP contribution in [0.25, 0.3) is 10.2 Å². The summed E-state index contributed by atoms with van der Waals surface area (Å²) in [6, 6.07) is 13.1. The molecule has 24 heavy (non-hydrogen) atoms. The van der Waals surface area contributed by atoms with Crippen molar-refractivity contribution in [2.75, 3.05) is 11.1 Å². The number of carbonyl (C=O) groups is 1. The number of thioether (sulfide) groups is 1. The number of thiazole rings is 1. The van der Waals surface area contributed by atoms with E-state index < -0.39 is 0 Å². The van der Waals surface area contributed by atoms with Crippen LogP contribution < -0.4 is 10.2 Å². The Morgan fingerprint density at radius 3 is 2.88 bits per heavy atom. The second kappa shape index (κ2) is 7.42. The number of hydrogen-bond acceptors (Lipinski definition) is 4. The van der Waals surface area contributed by atoms with Gasteiger partial charge < -0.3 is 9.88 Å². The van der Waals surface area contributed by atoms with E-state index in [2.05, 4.69) is 5.32 Å². The highest BCUT2D eigenvalue weighted by Crippen LogP contribution is 2.23. The molecule has 2 aromatic carbocycles. The van der Waals surface area contributed by atoms with Gasteiger partial charge in [0.15, 0.2) is 0 Å². The minimum atomic E-state index is -0.0744. The van der Waals surface area contributed by atoms with Gasteiger partial charge in [0, 0.05) is 23.5 Å². The van der Waals surface area contributed by atoms with Crippen LogP contribution in [0.1, 0.15) is 5.56 Å². The maximum Gasteiger partial charge on any atom is 0.307 e. The van der Waals surface area contributed by atoms with Gasteiger partial charge in [-0.15, -0.1) is 11.8 Å². The Labute approximate surface area is 152 Å². The Bertz CT molecular complexity index is 949. The monoisotopic (exact) mass is 378 g/mol. The van der Waals surface area contributed by atoms with Gasteiger partial charge in [-0.25, -0.2) is 0 Å². The molecule has 0 aliphatic heterocycles. The summed E-state index contributed by atoms with van der Waals surface area (Å²) in [6.07, 6.45) is 0. The number of carbonyl (C=O) groups excluding carboxylic acids is 1. The first kappa shape index (κ1) is 17.1. The highest BCUT2D eigenvalue weighted by molar-refractivity contribution is 7.99. The van der Waals surface area contributed by atoms with E-state index in [9.17, 15) is 9.59 Å². The number of rotatable bonds is 5. The molecule has 0 radical (unpaired) electrons. The molecule has 7 heteroatoms. The molecule has 0 bridgehead atoms. The van der Waals surface area contributed by atoms with Gasteiger partial charge in [0.25, 0.3) is 0 Å². The van der Waals surface area contributed by atoms with Crippen LogP contribution in [0.3, 0.4) is 0 Å². The number of halogens is 1. The maximum atomic E-state index is 12.1. The van der Waals surface area contributed by atoms with E-state index in [1.165, 1.54) is 23.1 Å². The molecular formula is C17H15ClN2O2S2. The number of nitrogens with zero attached hydrogens (tertiary/aromatic N) is 1. The second-order valence-corrected chi connectivity index (χ2v) is 7.63. The lowest BCUT2D eigenvalue weighted by Crippen LogP contribution is -2.14. The van der Waals surface area contributed by atoms with Gasteiger partial charge in [-0.3, -0.25) is 9.59 Å². The zero-order valence-corrected chi connectivity index (χ0v) is 15.3. The lowest BCUT2D eigenvalue weighted by atomic mass is 10.2. The van der Waals surface area contributed by atoms with Crippen LogP contribution in [0.4, 0.5) is 5.69 Å². The van der Waals surface area contributed by atoms with Crippen molar-refractivity contribution in [1.29, 1.82) is 0 Å². The molecule has 1 heterocycles. The molecule has 0 fully saturated rings. The smallest absolute Gasteiger partial charge is 0.307 e. The van der Waals surface area contributed by atoms with Crippen molar-refractivity contribution in [1.82, 2.24) is 4.57 Å². The number of benzene rings is 2. The fourth-order valence-electron chi connectivity index (χ4n) is 2.28. The number of amides is 1. The summed E-state index contributed by atoms with van der Waals surface area (Å²) in [5.41, 5.74) is 2.59. The number of aryl methyl sites for hydroxylation is 1. The zero-order valence-electron chi connectivity index (χ0n) is 12.9. The van der Waals surface area contributed by atoms with E-state index in [0.717, 1.165) is 20.8 Å². The maximum absolute atomic E-state index is 12.1. The summed E-state index contributed by atoms with van der Waals surface area (Å²) < 4.78 is 2.47. The van der Waals surface area contributed by atoms with Crippen LogP contribution >= 0.6 is 34.7 Å². The van der Waals surface area contributed by atoms with Crippen molar-refractivity contribution in [3.63, 3.8) is 0 Å². The minimum absolute atomic E-state index is 0.0104. The number of anilines is 1. The summed E-state index contributed by atoms with van der Waals surface area (Å²) in [6.45, 7) is 0. The Balaban J connectivity index is 1.59. The molecule has 0 spiro atoms. The number of fused-ring (bicyclic) bond motifs is 1. The average Bonchev–Trinajstić information content (AvgIpc) is 2.83. The van der Waals surface area contributed by atoms with Crippen LogP contribution in [0.15, 0.2) is 47.3 Å². The number of hydrogen-bond donors (Lipinski definition) is 1. The number of aromatic nitrogens is 1. The van der Waals surface area contributed by atoms with Crippen LogP contribution in [0.5, 0.6) is 0 Å². The summed E-state index contributed by atoms with van der Waals surface area (Å²) in [7, 11) is 1.74. The molecule has 1 amide bonds. The molecule has 1 aromatic heterocycles. The Kier molecular flexibility index (Phi) is 5.28. The quantitative estimate of drug-likeness (QED) is 0.726. The molecule has 3 rings (SSSR count). The van der Waals surface area contributed by atoms with Crippen molar-refractivity contribution in [3.05, 3.63) is 62.7 Å². The molecule has 124 valence electrons. The van der Waals surface area contributed by atoms with Crippen molar-refractivity contribution < 1.29 is 4.79 Å².